The van der Waals surface area contributed by atoms with Crippen LogP contribution in [-0.4, -0.2) is 24.3 Å². The lowest BCUT2D eigenvalue weighted by Gasteiger charge is -2.20. The number of hydrogen-bond acceptors (Lipinski definition) is 3. The molecule has 0 aliphatic heterocycles. The smallest absolute Gasteiger partial charge is 0.250 e. The van der Waals surface area contributed by atoms with Crippen LogP contribution in [-0.2, 0) is 11.3 Å². The molecular formula is C16H26N2O2. The molecule has 1 saturated carbocycles. The van der Waals surface area contributed by atoms with E-state index in [4.69, 9.17) is 4.74 Å². The monoisotopic (exact) mass is 278 g/mol. The molecule has 1 heterocycles. The summed E-state index contributed by atoms with van der Waals surface area (Å²) in [5.41, 5.74) is 1.45. The van der Waals surface area contributed by atoms with Crippen LogP contribution in [0.3, 0.4) is 0 Å². The highest BCUT2D eigenvalue weighted by Crippen LogP contribution is 2.41. The van der Waals surface area contributed by atoms with Crippen LogP contribution >= 0.6 is 0 Å². The minimum atomic E-state index is 0.0207. The van der Waals surface area contributed by atoms with Crippen molar-refractivity contribution in [2.75, 3.05) is 19.0 Å². The first kappa shape index (κ1) is 15.1. The Morgan fingerprint density at radius 3 is 2.75 bits per heavy atom. The van der Waals surface area contributed by atoms with Gasteiger partial charge in [0.15, 0.2) is 0 Å². The maximum Gasteiger partial charge on any atom is 0.250 e. The molecule has 2 atom stereocenters. The van der Waals surface area contributed by atoms with Gasteiger partial charge in [0.25, 0.3) is 5.56 Å². The number of hydrogen-bond donors (Lipinski definition) is 1. The van der Waals surface area contributed by atoms with Crippen LogP contribution in [0.15, 0.2) is 23.1 Å². The average Bonchev–Trinajstić information content (AvgIpc) is 2.63. The summed E-state index contributed by atoms with van der Waals surface area (Å²) in [5, 5.41) is 3.59. The maximum absolute atomic E-state index is 11.8. The van der Waals surface area contributed by atoms with Gasteiger partial charge in [-0.25, -0.2) is 0 Å². The van der Waals surface area contributed by atoms with Gasteiger partial charge in [-0.2, -0.15) is 0 Å². The van der Waals surface area contributed by atoms with Gasteiger partial charge in [-0.3, -0.25) is 4.79 Å². The fourth-order valence-electron chi connectivity index (χ4n) is 3.28. The standard InChI is InChI=1S/C16H26N2O2/c1-12-9-16(2,3)10-14(12)17-13-5-6-15(19)18(11-13)7-8-20-4/h5-6,11-12,14,17H,7-10H2,1-4H3. The highest BCUT2D eigenvalue weighted by molar-refractivity contribution is 5.42. The Labute approximate surface area is 121 Å². The Bertz CT molecular complexity index is 507. The molecule has 2 rings (SSSR count). The number of nitrogens with one attached hydrogen (secondary N) is 1. The zero-order chi connectivity index (χ0) is 14.8. The molecule has 112 valence electrons. The minimum absolute atomic E-state index is 0.0207. The molecule has 2 unspecified atom stereocenters. The Balaban J connectivity index is 2.08. The molecule has 1 aromatic heterocycles. The van der Waals surface area contributed by atoms with Gasteiger partial charge in [-0.15, -0.1) is 0 Å². The third-order valence-corrected chi connectivity index (χ3v) is 4.21. The molecule has 1 aliphatic rings. The molecule has 1 N–H and O–H groups in total. The predicted octanol–water partition coefficient (Wildman–Crippen LogP) is 2.73. The second-order valence-corrected chi connectivity index (χ2v) is 6.74. The number of ether oxygens (including phenoxy) is 1. The Hall–Kier alpha value is -1.29. The largest absolute Gasteiger partial charge is 0.383 e. The fourth-order valence-corrected chi connectivity index (χ4v) is 3.28. The lowest BCUT2D eigenvalue weighted by atomic mass is 9.91. The molecule has 0 radical (unpaired) electrons. The molecule has 0 amide bonds. The molecule has 0 spiro atoms. The predicted molar refractivity (Wildman–Crippen MR) is 82.2 cm³/mol. The third-order valence-electron chi connectivity index (χ3n) is 4.21. The van der Waals surface area contributed by atoms with Gasteiger partial charge in [0.1, 0.15) is 0 Å². The molecule has 0 bridgehead atoms. The highest BCUT2D eigenvalue weighted by Gasteiger charge is 2.36. The van der Waals surface area contributed by atoms with Crippen LogP contribution in [0.2, 0.25) is 0 Å². The summed E-state index contributed by atoms with van der Waals surface area (Å²) >= 11 is 0. The number of nitrogens with zero attached hydrogens (tertiary/aromatic N) is 1. The summed E-state index contributed by atoms with van der Waals surface area (Å²) in [6, 6.07) is 3.99. The lowest BCUT2D eigenvalue weighted by Crippen LogP contribution is -2.25. The lowest BCUT2D eigenvalue weighted by molar-refractivity contribution is 0.186. The van der Waals surface area contributed by atoms with Crippen LogP contribution < -0.4 is 10.9 Å². The summed E-state index contributed by atoms with van der Waals surface area (Å²) in [6.07, 6.45) is 4.32. The Morgan fingerprint density at radius 1 is 1.40 bits per heavy atom. The van der Waals surface area contributed by atoms with Crippen LogP contribution in [0.25, 0.3) is 0 Å². The highest BCUT2D eigenvalue weighted by atomic mass is 16.5. The van der Waals surface area contributed by atoms with Gasteiger partial charge in [0, 0.05) is 32.0 Å². The van der Waals surface area contributed by atoms with Crippen molar-refractivity contribution in [2.45, 2.75) is 46.2 Å². The third kappa shape index (κ3) is 3.63. The van der Waals surface area contributed by atoms with Crippen LogP contribution in [0.4, 0.5) is 5.69 Å². The fraction of sp³-hybridized carbons (Fsp3) is 0.688. The van der Waals surface area contributed by atoms with Crippen molar-refractivity contribution in [1.82, 2.24) is 4.57 Å². The number of aromatic nitrogens is 1. The Kier molecular flexibility index (Phi) is 4.53. The van der Waals surface area contributed by atoms with E-state index in [9.17, 15) is 4.79 Å². The average molecular weight is 278 g/mol. The summed E-state index contributed by atoms with van der Waals surface area (Å²) in [5.74, 6) is 0.657. The van der Waals surface area contributed by atoms with E-state index in [1.54, 1.807) is 17.7 Å². The van der Waals surface area contributed by atoms with Crippen molar-refractivity contribution < 1.29 is 4.74 Å². The zero-order valence-corrected chi connectivity index (χ0v) is 13.0. The maximum atomic E-state index is 11.8. The second-order valence-electron chi connectivity index (χ2n) is 6.74. The van der Waals surface area contributed by atoms with Gasteiger partial charge in [-0.1, -0.05) is 20.8 Å². The molecule has 1 aromatic rings. The van der Waals surface area contributed by atoms with E-state index in [0.717, 1.165) is 5.69 Å². The summed E-state index contributed by atoms with van der Waals surface area (Å²) in [4.78, 5) is 11.8. The van der Waals surface area contributed by atoms with Crippen LogP contribution in [0, 0.1) is 11.3 Å². The molecule has 1 aliphatic carbocycles. The quantitative estimate of drug-likeness (QED) is 0.900. The summed E-state index contributed by atoms with van der Waals surface area (Å²) in [7, 11) is 1.65. The summed E-state index contributed by atoms with van der Waals surface area (Å²) < 4.78 is 6.74. The molecule has 1 fully saturated rings. The second kappa shape index (κ2) is 6.00. The van der Waals surface area contributed by atoms with Gasteiger partial charge in [0.05, 0.1) is 12.3 Å². The molecule has 4 nitrogen and oxygen atoms in total. The molecule has 0 aromatic carbocycles. The van der Waals surface area contributed by atoms with E-state index < -0.39 is 0 Å². The first-order valence-electron chi connectivity index (χ1n) is 7.37. The molecule has 4 heteroatoms. The summed E-state index contributed by atoms with van der Waals surface area (Å²) in [6.45, 7) is 8.09. The van der Waals surface area contributed by atoms with Gasteiger partial charge < -0.3 is 14.6 Å². The van der Waals surface area contributed by atoms with E-state index >= 15 is 0 Å². The number of rotatable bonds is 5. The van der Waals surface area contributed by atoms with Crippen LogP contribution in [0.5, 0.6) is 0 Å². The number of pyridine rings is 1. The molecular weight excluding hydrogens is 252 g/mol. The van der Waals surface area contributed by atoms with Gasteiger partial charge >= 0.3 is 0 Å². The van der Waals surface area contributed by atoms with E-state index in [0.29, 0.717) is 30.5 Å². The normalized spacial score (nSPS) is 24.8. The van der Waals surface area contributed by atoms with Crippen molar-refractivity contribution in [2.24, 2.45) is 11.3 Å². The van der Waals surface area contributed by atoms with Crippen molar-refractivity contribution in [3.8, 4) is 0 Å². The van der Waals surface area contributed by atoms with E-state index in [2.05, 4.69) is 26.1 Å². The van der Waals surface area contributed by atoms with Gasteiger partial charge in [-0.05, 0) is 30.2 Å². The molecule has 0 saturated heterocycles. The number of methoxy groups -OCH3 is 1. The van der Waals surface area contributed by atoms with Crippen LogP contribution in [0.1, 0.15) is 33.6 Å². The topological polar surface area (TPSA) is 43.3 Å². The van der Waals surface area contributed by atoms with Crippen molar-refractivity contribution in [3.63, 3.8) is 0 Å². The van der Waals surface area contributed by atoms with Gasteiger partial charge in [0.2, 0.25) is 0 Å². The van der Waals surface area contributed by atoms with Crippen molar-refractivity contribution >= 4 is 5.69 Å². The Morgan fingerprint density at radius 2 is 2.15 bits per heavy atom. The zero-order valence-electron chi connectivity index (χ0n) is 13.0. The first-order chi connectivity index (χ1) is 9.41. The SMILES string of the molecule is COCCn1cc(NC2CC(C)(C)CC2C)ccc1=O. The number of anilines is 1. The minimum Gasteiger partial charge on any atom is -0.383 e. The van der Waals surface area contributed by atoms with Crippen molar-refractivity contribution in [1.29, 1.82) is 0 Å². The van der Waals surface area contributed by atoms with Crippen molar-refractivity contribution in [3.05, 3.63) is 28.7 Å². The van der Waals surface area contributed by atoms with E-state index in [1.165, 1.54) is 12.8 Å². The van der Waals surface area contributed by atoms with E-state index in [1.807, 2.05) is 12.3 Å². The molecule has 20 heavy (non-hydrogen) atoms. The van der Waals surface area contributed by atoms with E-state index in [-0.39, 0.29) is 5.56 Å². The first-order valence-corrected chi connectivity index (χ1v) is 7.37.